The van der Waals surface area contributed by atoms with Gasteiger partial charge in [0, 0.05) is 6.04 Å². The second-order valence-electron chi connectivity index (χ2n) is 2.45. The van der Waals surface area contributed by atoms with Gasteiger partial charge in [0.2, 0.25) is 0 Å². The van der Waals surface area contributed by atoms with Crippen LogP contribution < -0.4 is 11.2 Å². The zero-order valence-corrected chi connectivity index (χ0v) is 5.60. The molecular formula is C6H14N2O. The molecule has 0 bridgehead atoms. The molecule has 0 aromatic rings. The summed E-state index contributed by atoms with van der Waals surface area (Å²) in [5.74, 6) is 4.88. The van der Waals surface area contributed by atoms with E-state index in [2.05, 4.69) is 10.2 Å². The molecule has 0 radical (unpaired) electrons. The lowest BCUT2D eigenvalue weighted by Crippen LogP contribution is -2.23. The van der Waals surface area contributed by atoms with Crippen LogP contribution in [0.3, 0.4) is 0 Å². The van der Waals surface area contributed by atoms with Crippen molar-refractivity contribution < 1.29 is 4.84 Å². The summed E-state index contributed by atoms with van der Waals surface area (Å²) in [6.07, 6.45) is 3.63. The lowest BCUT2D eigenvalue weighted by molar-refractivity contribution is 0.129. The summed E-state index contributed by atoms with van der Waals surface area (Å²) >= 11 is 0. The van der Waals surface area contributed by atoms with Crippen molar-refractivity contribution in [3.05, 3.63) is 0 Å². The second-order valence-corrected chi connectivity index (χ2v) is 2.45. The minimum Gasteiger partial charge on any atom is -0.314 e. The van der Waals surface area contributed by atoms with Gasteiger partial charge in [0.1, 0.15) is 0 Å². The van der Waals surface area contributed by atoms with Gasteiger partial charge in [-0.2, -0.15) is 0 Å². The van der Waals surface area contributed by atoms with Gasteiger partial charge in [-0.05, 0) is 25.8 Å². The highest BCUT2D eigenvalue weighted by Crippen LogP contribution is 2.07. The van der Waals surface area contributed by atoms with Crippen LogP contribution in [-0.2, 0) is 4.84 Å². The number of hydrogen-bond acceptors (Lipinski definition) is 3. The van der Waals surface area contributed by atoms with E-state index in [1.165, 1.54) is 12.8 Å². The Hall–Kier alpha value is -0.120. The Bertz CT molecular complexity index is 71.5. The van der Waals surface area contributed by atoms with Gasteiger partial charge in [0.15, 0.2) is 0 Å². The Morgan fingerprint density at radius 2 is 2.56 bits per heavy atom. The minimum atomic E-state index is 0.661. The van der Waals surface area contributed by atoms with E-state index in [1.807, 2.05) is 0 Å². The van der Waals surface area contributed by atoms with Gasteiger partial charge in [0.25, 0.3) is 0 Å². The molecule has 1 aliphatic heterocycles. The van der Waals surface area contributed by atoms with Gasteiger partial charge in [-0.25, -0.2) is 5.90 Å². The first kappa shape index (κ1) is 6.99. The number of hydrogen-bond donors (Lipinski definition) is 2. The Kier molecular flexibility index (Phi) is 2.97. The van der Waals surface area contributed by atoms with Crippen LogP contribution in [0.15, 0.2) is 0 Å². The Labute approximate surface area is 55.5 Å². The normalized spacial score (nSPS) is 27.0. The van der Waals surface area contributed by atoms with Gasteiger partial charge in [-0.1, -0.05) is 0 Å². The molecule has 54 valence electrons. The van der Waals surface area contributed by atoms with E-state index in [1.54, 1.807) is 0 Å². The summed E-state index contributed by atoms with van der Waals surface area (Å²) < 4.78 is 0. The van der Waals surface area contributed by atoms with E-state index in [9.17, 15) is 0 Å². The molecule has 3 nitrogen and oxygen atoms in total. The van der Waals surface area contributed by atoms with E-state index < -0.39 is 0 Å². The van der Waals surface area contributed by atoms with E-state index in [-0.39, 0.29) is 0 Å². The quantitative estimate of drug-likeness (QED) is 0.529. The molecule has 0 amide bonds. The van der Waals surface area contributed by atoms with Crippen molar-refractivity contribution in [1.29, 1.82) is 0 Å². The first-order valence-electron chi connectivity index (χ1n) is 3.48. The van der Waals surface area contributed by atoms with Crippen molar-refractivity contribution in [2.75, 3.05) is 13.2 Å². The Morgan fingerprint density at radius 3 is 3.11 bits per heavy atom. The van der Waals surface area contributed by atoms with Crippen LogP contribution in [0.4, 0.5) is 0 Å². The molecule has 3 heteroatoms. The van der Waals surface area contributed by atoms with Crippen molar-refractivity contribution in [3.8, 4) is 0 Å². The van der Waals surface area contributed by atoms with Crippen molar-refractivity contribution in [3.63, 3.8) is 0 Å². The highest BCUT2D eigenvalue weighted by molar-refractivity contribution is 4.73. The fourth-order valence-corrected chi connectivity index (χ4v) is 1.21. The van der Waals surface area contributed by atoms with E-state index in [0.717, 1.165) is 13.0 Å². The van der Waals surface area contributed by atoms with Crippen molar-refractivity contribution in [1.82, 2.24) is 5.32 Å². The van der Waals surface area contributed by atoms with E-state index >= 15 is 0 Å². The van der Waals surface area contributed by atoms with Gasteiger partial charge >= 0.3 is 0 Å². The lowest BCUT2D eigenvalue weighted by atomic mass is 10.2. The summed E-state index contributed by atoms with van der Waals surface area (Å²) in [6.45, 7) is 1.84. The molecule has 3 N–H and O–H groups in total. The van der Waals surface area contributed by atoms with E-state index in [0.29, 0.717) is 12.6 Å². The Morgan fingerprint density at radius 1 is 1.67 bits per heavy atom. The van der Waals surface area contributed by atoms with Crippen molar-refractivity contribution >= 4 is 0 Å². The van der Waals surface area contributed by atoms with Crippen LogP contribution in [0.25, 0.3) is 0 Å². The summed E-state index contributed by atoms with van der Waals surface area (Å²) in [4.78, 5) is 4.46. The second kappa shape index (κ2) is 3.82. The first-order valence-corrected chi connectivity index (χ1v) is 3.48. The standard InChI is InChI=1S/C6H14N2O/c7-9-5-3-6-2-1-4-8-6/h6,8H,1-5,7H2. The average molecular weight is 130 g/mol. The Balaban J connectivity index is 1.98. The molecule has 1 heterocycles. The fourth-order valence-electron chi connectivity index (χ4n) is 1.21. The zero-order chi connectivity index (χ0) is 6.53. The van der Waals surface area contributed by atoms with Crippen LogP contribution >= 0.6 is 0 Å². The highest BCUT2D eigenvalue weighted by Gasteiger charge is 2.12. The third kappa shape index (κ3) is 2.30. The third-order valence-electron chi connectivity index (χ3n) is 1.75. The summed E-state index contributed by atoms with van der Waals surface area (Å²) in [5.41, 5.74) is 0. The SMILES string of the molecule is NOCCC1CCCN1. The maximum absolute atomic E-state index is 4.88. The molecule has 1 fully saturated rings. The number of nitrogens with two attached hydrogens (primary N) is 1. The highest BCUT2D eigenvalue weighted by atomic mass is 16.6. The number of nitrogens with one attached hydrogen (secondary N) is 1. The molecule has 0 aromatic heterocycles. The van der Waals surface area contributed by atoms with Gasteiger partial charge in [0.05, 0.1) is 6.61 Å². The van der Waals surface area contributed by atoms with Crippen LogP contribution in [0, 0.1) is 0 Å². The molecule has 0 aliphatic carbocycles. The molecule has 1 unspecified atom stereocenters. The van der Waals surface area contributed by atoms with Crippen LogP contribution in [0.5, 0.6) is 0 Å². The third-order valence-corrected chi connectivity index (χ3v) is 1.75. The van der Waals surface area contributed by atoms with Crippen LogP contribution in [-0.4, -0.2) is 19.2 Å². The number of rotatable bonds is 3. The maximum Gasteiger partial charge on any atom is 0.0694 e. The van der Waals surface area contributed by atoms with Crippen molar-refractivity contribution in [2.24, 2.45) is 5.90 Å². The summed E-state index contributed by atoms with van der Waals surface area (Å²) in [5, 5.41) is 3.36. The molecule has 1 atom stereocenters. The molecular weight excluding hydrogens is 116 g/mol. The fraction of sp³-hybridized carbons (Fsp3) is 1.00. The minimum absolute atomic E-state index is 0.661. The molecule has 1 saturated heterocycles. The topological polar surface area (TPSA) is 47.3 Å². The molecule has 0 saturated carbocycles. The average Bonchev–Trinajstić information content (AvgIpc) is 2.34. The molecule has 1 rings (SSSR count). The predicted molar refractivity (Wildman–Crippen MR) is 35.8 cm³/mol. The van der Waals surface area contributed by atoms with E-state index in [4.69, 9.17) is 5.90 Å². The monoisotopic (exact) mass is 130 g/mol. The summed E-state index contributed by atoms with van der Waals surface area (Å²) in [7, 11) is 0. The van der Waals surface area contributed by atoms with Crippen molar-refractivity contribution in [2.45, 2.75) is 25.3 Å². The smallest absolute Gasteiger partial charge is 0.0694 e. The van der Waals surface area contributed by atoms with Gasteiger partial charge < -0.3 is 10.2 Å². The van der Waals surface area contributed by atoms with Gasteiger partial charge in [-0.15, -0.1) is 0 Å². The molecule has 0 spiro atoms. The molecule has 9 heavy (non-hydrogen) atoms. The maximum atomic E-state index is 4.88. The molecule has 0 aromatic carbocycles. The largest absolute Gasteiger partial charge is 0.314 e. The van der Waals surface area contributed by atoms with Crippen LogP contribution in [0.2, 0.25) is 0 Å². The lowest BCUT2D eigenvalue weighted by Gasteiger charge is -2.06. The summed E-state index contributed by atoms with van der Waals surface area (Å²) in [6, 6.07) is 0.661. The van der Waals surface area contributed by atoms with Gasteiger partial charge in [-0.3, -0.25) is 0 Å². The van der Waals surface area contributed by atoms with Crippen LogP contribution in [0.1, 0.15) is 19.3 Å². The zero-order valence-electron chi connectivity index (χ0n) is 5.60. The first-order chi connectivity index (χ1) is 4.43. The predicted octanol–water partition coefficient (Wildman–Crippen LogP) is 0.0188. The molecule has 1 aliphatic rings.